The number of rotatable bonds is 7. The van der Waals surface area contributed by atoms with Crippen LogP contribution >= 0.6 is 0 Å². The van der Waals surface area contributed by atoms with E-state index in [0.29, 0.717) is 13.2 Å². The Labute approximate surface area is 138 Å². The fourth-order valence-electron chi connectivity index (χ4n) is 1.67. The van der Waals surface area contributed by atoms with E-state index in [2.05, 4.69) is 13.2 Å². The molecule has 2 rings (SSSR count). The Kier molecular flexibility index (Phi) is 9.49. The second kappa shape index (κ2) is 11.9. The lowest BCUT2D eigenvalue weighted by atomic mass is 10.1. The van der Waals surface area contributed by atoms with Gasteiger partial charge in [-0.25, -0.2) is 0 Å². The van der Waals surface area contributed by atoms with Crippen molar-refractivity contribution in [2.75, 3.05) is 13.2 Å². The van der Waals surface area contributed by atoms with Gasteiger partial charge in [-0.3, -0.25) is 4.79 Å². The predicted octanol–water partition coefficient (Wildman–Crippen LogP) is 4.96. The quantitative estimate of drug-likeness (QED) is 0.313. The summed E-state index contributed by atoms with van der Waals surface area (Å²) in [6.45, 7) is 8.18. The van der Waals surface area contributed by atoms with Crippen LogP contribution in [0.1, 0.15) is 15.9 Å². The monoisotopic (exact) mass is 306 g/mol. The lowest BCUT2D eigenvalue weighted by Crippen LogP contribution is -1.92. The number of hydrogen-bond donors (Lipinski definition) is 0. The van der Waals surface area contributed by atoms with Crippen molar-refractivity contribution in [3.63, 3.8) is 0 Å². The van der Waals surface area contributed by atoms with E-state index in [1.807, 2.05) is 66.7 Å². The molecule has 0 aromatic heterocycles. The Balaban J connectivity index is 0.000000322. The van der Waals surface area contributed by atoms with E-state index in [1.54, 1.807) is 18.2 Å². The van der Waals surface area contributed by atoms with Gasteiger partial charge in [-0.15, -0.1) is 13.2 Å². The Morgan fingerprint density at radius 2 is 1.39 bits per heavy atom. The van der Waals surface area contributed by atoms with Crippen LogP contribution in [0.2, 0.25) is 0 Å². The second-order valence-corrected chi connectivity index (χ2v) is 4.59. The summed E-state index contributed by atoms with van der Waals surface area (Å²) in [7, 11) is 0. The van der Waals surface area contributed by atoms with Crippen molar-refractivity contribution in [2.24, 2.45) is 0 Å². The molecule has 0 N–H and O–H groups in total. The maximum absolute atomic E-state index is 11.7. The van der Waals surface area contributed by atoms with Crippen LogP contribution in [0.4, 0.5) is 0 Å². The minimum atomic E-state index is 0.0319. The van der Waals surface area contributed by atoms with Gasteiger partial charge < -0.3 is 4.74 Å². The van der Waals surface area contributed by atoms with Gasteiger partial charge in [0, 0.05) is 5.56 Å². The molecule has 2 heteroatoms. The average molecular weight is 306 g/mol. The third-order valence-electron chi connectivity index (χ3n) is 2.76. The first-order valence-corrected chi connectivity index (χ1v) is 7.40. The van der Waals surface area contributed by atoms with E-state index in [9.17, 15) is 4.79 Å². The standard InChI is InChI=1S/C15H12O.C6H10O/c16-15(14-9-5-2-6-10-14)12-11-13-7-3-1-4-8-13;1-3-5-7-6-4-2/h1-12H;3-4H,1-2,5-6H2/b12-11+;. The highest BCUT2D eigenvalue weighted by Gasteiger charge is 1.98. The fourth-order valence-corrected chi connectivity index (χ4v) is 1.67. The van der Waals surface area contributed by atoms with Crippen LogP contribution in [0.5, 0.6) is 0 Å². The van der Waals surface area contributed by atoms with Crippen molar-refractivity contribution in [3.05, 3.63) is 103 Å². The summed E-state index contributed by atoms with van der Waals surface area (Å²) in [4.78, 5) is 11.7. The Morgan fingerprint density at radius 1 is 0.870 bits per heavy atom. The molecule has 0 fully saturated rings. The molecule has 0 bridgehead atoms. The highest BCUT2D eigenvalue weighted by molar-refractivity contribution is 6.06. The van der Waals surface area contributed by atoms with Crippen molar-refractivity contribution in [2.45, 2.75) is 0 Å². The summed E-state index contributed by atoms with van der Waals surface area (Å²) < 4.78 is 4.90. The zero-order valence-corrected chi connectivity index (χ0v) is 13.2. The van der Waals surface area contributed by atoms with Gasteiger partial charge >= 0.3 is 0 Å². The first kappa shape index (κ1) is 18.3. The van der Waals surface area contributed by atoms with Gasteiger partial charge in [0.05, 0.1) is 13.2 Å². The molecule has 0 atom stereocenters. The summed E-state index contributed by atoms with van der Waals surface area (Å²) in [5.74, 6) is 0.0319. The van der Waals surface area contributed by atoms with Gasteiger partial charge in [0.1, 0.15) is 0 Å². The molecular formula is C21H22O2. The third-order valence-corrected chi connectivity index (χ3v) is 2.76. The van der Waals surface area contributed by atoms with E-state index in [0.717, 1.165) is 11.1 Å². The fraction of sp³-hybridized carbons (Fsp3) is 0.0952. The van der Waals surface area contributed by atoms with Crippen molar-refractivity contribution in [1.82, 2.24) is 0 Å². The molecule has 0 amide bonds. The van der Waals surface area contributed by atoms with Crippen LogP contribution in [0, 0.1) is 0 Å². The molecule has 2 aromatic carbocycles. The minimum absolute atomic E-state index is 0.0319. The zero-order chi connectivity index (χ0) is 16.8. The van der Waals surface area contributed by atoms with Crippen molar-refractivity contribution >= 4 is 11.9 Å². The van der Waals surface area contributed by atoms with Gasteiger partial charge in [-0.05, 0) is 11.6 Å². The molecule has 0 saturated carbocycles. The molecule has 0 saturated heterocycles. The van der Waals surface area contributed by atoms with Crippen LogP contribution in [0.25, 0.3) is 6.08 Å². The molecule has 0 aliphatic rings. The van der Waals surface area contributed by atoms with E-state index in [1.165, 1.54) is 0 Å². The van der Waals surface area contributed by atoms with Crippen LogP contribution in [-0.2, 0) is 4.74 Å². The molecule has 0 unspecified atom stereocenters. The molecule has 2 aromatic rings. The number of benzene rings is 2. The summed E-state index contributed by atoms with van der Waals surface area (Å²) in [5, 5.41) is 0. The van der Waals surface area contributed by atoms with Crippen molar-refractivity contribution in [3.8, 4) is 0 Å². The van der Waals surface area contributed by atoms with Gasteiger partial charge in [0.15, 0.2) is 5.78 Å². The number of allylic oxidation sites excluding steroid dienone is 1. The largest absolute Gasteiger partial charge is 0.373 e. The Hall–Kier alpha value is -2.71. The number of ether oxygens (including phenoxy) is 1. The molecule has 23 heavy (non-hydrogen) atoms. The summed E-state index contributed by atoms with van der Waals surface area (Å²) in [5.41, 5.74) is 1.75. The van der Waals surface area contributed by atoms with Crippen LogP contribution < -0.4 is 0 Å². The van der Waals surface area contributed by atoms with Crippen molar-refractivity contribution < 1.29 is 9.53 Å². The van der Waals surface area contributed by atoms with E-state index in [-0.39, 0.29) is 5.78 Å². The normalized spacial score (nSPS) is 9.74. The van der Waals surface area contributed by atoms with Gasteiger partial charge in [-0.1, -0.05) is 78.9 Å². The smallest absolute Gasteiger partial charge is 0.185 e. The van der Waals surface area contributed by atoms with Gasteiger partial charge in [0.25, 0.3) is 0 Å². The van der Waals surface area contributed by atoms with Crippen LogP contribution in [-0.4, -0.2) is 19.0 Å². The predicted molar refractivity (Wildman–Crippen MR) is 97.5 cm³/mol. The summed E-state index contributed by atoms with van der Waals surface area (Å²) in [6.07, 6.45) is 6.85. The molecule has 0 aliphatic heterocycles. The number of carbonyl (C=O) groups is 1. The number of ketones is 1. The van der Waals surface area contributed by atoms with E-state index < -0.39 is 0 Å². The van der Waals surface area contributed by atoms with E-state index in [4.69, 9.17) is 4.74 Å². The maximum atomic E-state index is 11.7. The first-order valence-electron chi connectivity index (χ1n) is 7.40. The highest BCUT2D eigenvalue weighted by Crippen LogP contribution is 2.05. The molecule has 0 radical (unpaired) electrons. The highest BCUT2D eigenvalue weighted by atomic mass is 16.5. The lowest BCUT2D eigenvalue weighted by molar-refractivity contribution is 0.104. The third kappa shape index (κ3) is 8.34. The molecule has 2 nitrogen and oxygen atoms in total. The maximum Gasteiger partial charge on any atom is 0.185 e. The average Bonchev–Trinajstić information content (AvgIpc) is 2.62. The number of hydrogen-bond acceptors (Lipinski definition) is 2. The van der Waals surface area contributed by atoms with Crippen LogP contribution in [0.3, 0.4) is 0 Å². The molecular weight excluding hydrogens is 284 g/mol. The van der Waals surface area contributed by atoms with Gasteiger partial charge in [-0.2, -0.15) is 0 Å². The molecule has 118 valence electrons. The van der Waals surface area contributed by atoms with Crippen molar-refractivity contribution in [1.29, 1.82) is 0 Å². The summed E-state index contributed by atoms with van der Waals surface area (Å²) in [6, 6.07) is 19.1. The number of carbonyl (C=O) groups excluding carboxylic acids is 1. The van der Waals surface area contributed by atoms with E-state index >= 15 is 0 Å². The minimum Gasteiger partial charge on any atom is -0.373 e. The van der Waals surface area contributed by atoms with Crippen LogP contribution in [0.15, 0.2) is 92.0 Å². The van der Waals surface area contributed by atoms with Gasteiger partial charge in [0.2, 0.25) is 0 Å². The SMILES string of the molecule is C=CCOCC=C.O=C(/C=C/c1ccccc1)c1ccccc1. The Morgan fingerprint density at radius 3 is 1.91 bits per heavy atom. The molecule has 0 aliphatic carbocycles. The Bertz CT molecular complexity index is 605. The molecule has 0 spiro atoms. The topological polar surface area (TPSA) is 26.3 Å². The lowest BCUT2D eigenvalue weighted by Gasteiger charge is -1.94. The summed E-state index contributed by atoms with van der Waals surface area (Å²) >= 11 is 0. The second-order valence-electron chi connectivity index (χ2n) is 4.59. The zero-order valence-electron chi connectivity index (χ0n) is 13.2. The first-order chi connectivity index (χ1) is 11.3. The molecule has 0 heterocycles.